The number of likely N-dealkylation sites (tertiary alicyclic amines) is 1. The molecule has 2 aromatic carbocycles. The van der Waals surface area contributed by atoms with Gasteiger partial charge in [0, 0.05) is 25.1 Å². The molecule has 2 amide bonds. The van der Waals surface area contributed by atoms with Crippen molar-refractivity contribution in [2.75, 3.05) is 38.2 Å². The molecule has 2 fully saturated rings. The molecule has 0 aromatic heterocycles. The summed E-state index contributed by atoms with van der Waals surface area (Å²) < 4.78 is 11.5. The molecular formula is C21H24N2O4. The van der Waals surface area contributed by atoms with Crippen molar-refractivity contribution in [1.29, 1.82) is 0 Å². The van der Waals surface area contributed by atoms with Gasteiger partial charge in [-0.3, -0.25) is 0 Å². The van der Waals surface area contributed by atoms with Crippen molar-refractivity contribution in [2.24, 2.45) is 11.3 Å². The highest BCUT2D eigenvalue weighted by Gasteiger charge is 2.49. The van der Waals surface area contributed by atoms with E-state index in [-0.39, 0.29) is 24.0 Å². The minimum absolute atomic E-state index is 0.0369. The summed E-state index contributed by atoms with van der Waals surface area (Å²) in [4.78, 5) is 14.6. The van der Waals surface area contributed by atoms with E-state index in [1.54, 1.807) is 4.90 Å². The van der Waals surface area contributed by atoms with E-state index in [9.17, 15) is 9.90 Å². The Hall–Kier alpha value is -2.57. The first kappa shape index (κ1) is 17.8. The Morgan fingerprint density at radius 3 is 2.78 bits per heavy atom. The van der Waals surface area contributed by atoms with Crippen LogP contribution in [0.4, 0.5) is 10.5 Å². The average molecular weight is 368 g/mol. The fraction of sp³-hybridized carbons (Fsp3) is 0.381. The van der Waals surface area contributed by atoms with E-state index in [1.807, 2.05) is 54.6 Å². The predicted octanol–water partition coefficient (Wildman–Crippen LogP) is 3.34. The zero-order valence-corrected chi connectivity index (χ0v) is 15.1. The lowest BCUT2D eigenvalue weighted by atomic mass is 9.76. The minimum atomic E-state index is -0.338. The fourth-order valence-electron chi connectivity index (χ4n) is 3.94. The molecule has 0 bridgehead atoms. The van der Waals surface area contributed by atoms with Crippen LogP contribution >= 0.6 is 0 Å². The number of urea groups is 1. The van der Waals surface area contributed by atoms with Crippen molar-refractivity contribution < 1.29 is 19.4 Å². The smallest absolute Gasteiger partial charge is 0.321 e. The van der Waals surface area contributed by atoms with Crippen LogP contribution in [0.3, 0.4) is 0 Å². The lowest BCUT2D eigenvalue weighted by Gasteiger charge is -2.36. The Labute approximate surface area is 158 Å². The van der Waals surface area contributed by atoms with Gasteiger partial charge in [0.15, 0.2) is 5.75 Å². The van der Waals surface area contributed by atoms with Crippen LogP contribution in [0.1, 0.15) is 6.42 Å². The second-order valence-corrected chi connectivity index (χ2v) is 7.28. The number of benzene rings is 2. The molecule has 27 heavy (non-hydrogen) atoms. The van der Waals surface area contributed by atoms with E-state index < -0.39 is 0 Å². The summed E-state index contributed by atoms with van der Waals surface area (Å²) in [5.74, 6) is 1.58. The molecule has 0 aliphatic carbocycles. The molecule has 2 aliphatic rings. The van der Waals surface area contributed by atoms with Crippen molar-refractivity contribution in [2.45, 2.75) is 6.42 Å². The van der Waals surface area contributed by atoms with Crippen LogP contribution < -0.4 is 10.1 Å². The summed E-state index contributed by atoms with van der Waals surface area (Å²) in [6.07, 6.45) is 0.873. The van der Waals surface area contributed by atoms with Gasteiger partial charge in [-0.15, -0.1) is 0 Å². The molecule has 2 aromatic rings. The van der Waals surface area contributed by atoms with E-state index in [1.165, 1.54) is 0 Å². The second-order valence-electron chi connectivity index (χ2n) is 7.28. The van der Waals surface area contributed by atoms with Crippen LogP contribution in [-0.4, -0.2) is 48.9 Å². The lowest BCUT2D eigenvalue weighted by molar-refractivity contribution is -0.0555. The Balaban J connectivity index is 1.47. The van der Waals surface area contributed by atoms with Gasteiger partial charge in [-0.1, -0.05) is 30.3 Å². The molecule has 2 heterocycles. The molecule has 2 aliphatic heterocycles. The summed E-state index contributed by atoms with van der Waals surface area (Å²) in [5, 5.41) is 12.9. The van der Waals surface area contributed by atoms with E-state index in [0.717, 1.165) is 6.42 Å². The molecule has 2 N–H and O–H groups in total. The van der Waals surface area contributed by atoms with Crippen molar-refractivity contribution >= 4 is 11.7 Å². The molecule has 6 nitrogen and oxygen atoms in total. The van der Waals surface area contributed by atoms with Gasteiger partial charge < -0.3 is 24.8 Å². The summed E-state index contributed by atoms with van der Waals surface area (Å²) in [7, 11) is 0. The number of amides is 2. The zero-order chi connectivity index (χ0) is 18.7. The van der Waals surface area contributed by atoms with Crippen molar-refractivity contribution in [3.8, 4) is 11.5 Å². The normalized spacial score (nSPS) is 24.3. The first-order chi connectivity index (χ1) is 13.2. The summed E-state index contributed by atoms with van der Waals surface area (Å²) in [5.41, 5.74) is 0.283. The molecule has 0 radical (unpaired) electrons. The number of aliphatic hydroxyl groups excluding tert-OH is 1. The van der Waals surface area contributed by atoms with Crippen LogP contribution in [0.15, 0.2) is 54.6 Å². The molecule has 2 atom stereocenters. The van der Waals surface area contributed by atoms with Gasteiger partial charge in [-0.25, -0.2) is 4.79 Å². The first-order valence-corrected chi connectivity index (χ1v) is 9.27. The average Bonchev–Trinajstić information content (AvgIpc) is 3.11. The number of aliphatic hydroxyl groups is 1. The first-order valence-electron chi connectivity index (χ1n) is 9.27. The summed E-state index contributed by atoms with van der Waals surface area (Å²) in [6.45, 7) is 2.37. The van der Waals surface area contributed by atoms with Gasteiger partial charge in [0.05, 0.1) is 18.9 Å². The number of carbonyl (C=O) groups is 1. The number of fused-ring (bicyclic) bond motifs is 1. The van der Waals surface area contributed by atoms with E-state index in [4.69, 9.17) is 9.47 Å². The largest absolute Gasteiger partial charge is 0.455 e. The van der Waals surface area contributed by atoms with Crippen molar-refractivity contribution in [3.05, 3.63) is 54.6 Å². The third kappa shape index (κ3) is 3.63. The standard InChI is InChI=1S/C21H24N2O4/c24-14-21-13-23(12-16(21)10-11-26-15-21)20(25)22-18-8-4-5-9-19(18)27-17-6-2-1-3-7-17/h1-9,16,24H,10-15H2,(H,22,25)/t16-,21+/m0/s1. The van der Waals surface area contributed by atoms with Gasteiger partial charge in [0.25, 0.3) is 0 Å². The summed E-state index contributed by atoms with van der Waals surface area (Å²) >= 11 is 0. The second kappa shape index (κ2) is 7.58. The maximum absolute atomic E-state index is 12.9. The molecule has 0 unspecified atom stereocenters. The number of carbonyl (C=O) groups excluding carboxylic acids is 1. The number of para-hydroxylation sites is 3. The number of hydrogen-bond acceptors (Lipinski definition) is 4. The highest BCUT2D eigenvalue weighted by molar-refractivity contribution is 5.91. The number of nitrogens with one attached hydrogen (secondary N) is 1. The van der Waals surface area contributed by atoms with Gasteiger partial charge in [0.2, 0.25) is 0 Å². The fourth-order valence-corrected chi connectivity index (χ4v) is 3.94. The molecule has 4 rings (SSSR count). The number of ether oxygens (including phenoxy) is 2. The van der Waals surface area contributed by atoms with Crippen LogP contribution in [0.5, 0.6) is 11.5 Å². The number of rotatable bonds is 4. The van der Waals surface area contributed by atoms with Crippen molar-refractivity contribution in [1.82, 2.24) is 4.90 Å². The van der Waals surface area contributed by atoms with E-state index >= 15 is 0 Å². The number of nitrogens with zero attached hydrogens (tertiary/aromatic N) is 1. The molecule has 142 valence electrons. The quantitative estimate of drug-likeness (QED) is 0.868. The highest BCUT2D eigenvalue weighted by Crippen LogP contribution is 2.41. The molecule has 6 heteroatoms. The number of hydrogen-bond donors (Lipinski definition) is 2. The minimum Gasteiger partial charge on any atom is -0.455 e. The van der Waals surface area contributed by atoms with Gasteiger partial charge in [-0.05, 0) is 36.6 Å². The topological polar surface area (TPSA) is 71.0 Å². The Kier molecular flexibility index (Phi) is 5.01. The van der Waals surface area contributed by atoms with Crippen LogP contribution in [0.2, 0.25) is 0 Å². The Bertz CT molecular complexity index is 798. The predicted molar refractivity (Wildman–Crippen MR) is 102 cm³/mol. The van der Waals surface area contributed by atoms with Crippen LogP contribution in [0, 0.1) is 11.3 Å². The Morgan fingerprint density at radius 1 is 1.22 bits per heavy atom. The molecule has 2 saturated heterocycles. The SMILES string of the molecule is O=C(Nc1ccccc1Oc1ccccc1)N1C[C@@H]2CCOC[C@]2(CO)C1. The van der Waals surface area contributed by atoms with E-state index in [0.29, 0.717) is 43.5 Å². The van der Waals surface area contributed by atoms with Gasteiger partial charge >= 0.3 is 6.03 Å². The maximum Gasteiger partial charge on any atom is 0.321 e. The maximum atomic E-state index is 12.9. The lowest BCUT2D eigenvalue weighted by Crippen LogP contribution is -2.43. The molecule has 0 saturated carbocycles. The summed E-state index contributed by atoms with van der Waals surface area (Å²) in [6, 6.07) is 16.7. The zero-order valence-electron chi connectivity index (χ0n) is 15.1. The number of anilines is 1. The third-order valence-corrected chi connectivity index (χ3v) is 5.51. The molecule has 0 spiro atoms. The highest BCUT2D eigenvalue weighted by atomic mass is 16.5. The van der Waals surface area contributed by atoms with Crippen LogP contribution in [-0.2, 0) is 4.74 Å². The van der Waals surface area contributed by atoms with Gasteiger partial charge in [-0.2, -0.15) is 0 Å². The third-order valence-electron chi connectivity index (χ3n) is 5.51. The monoisotopic (exact) mass is 368 g/mol. The van der Waals surface area contributed by atoms with Gasteiger partial charge in [0.1, 0.15) is 5.75 Å². The van der Waals surface area contributed by atoms with E-state index in [2.05, 4.69) is 5.32 Å². The molecular weight excluding hydrogens is 344 g/mol. The Morgan fingerprint density at radius 2 is 2.00 bits per heavy atom. The van der Waals surface area contributed by atoms with Crippen LogP contribution in [0.25, 0.3) is 0 Å². The van der Waals surface area contributed by atoms with Crippen molar-refractivity contribution in [3.63, 3.8) is 0 Å².